The zero-order chi connectivity index (χ0) is 15.2. The van der Waals surface area contributed by atoms with Gasteiger partial charge in [0.2, 0.25) is 5.91 Å². The SMILES string of the molecule is CCCC(N)C(=O)NC(C)CC(C)(C)c1ccccc1.Cl. The summed E-state index contributed by atoms with van der Waals surface area (Å²) < 4.78 is 0. The van der Waals surface area contributed by atoms with E-state index in [1.165, 1.54) is 5.56 Å². The van der Waals surface area contributed by atoms with E-state index in [2.05, 4.69) is 43.4 Å². The van der Waals surface area contributed by atoms with Crippen LogP contribution in [0.2, 0.25) is 0 Å². The average Bonchev–Trinajstić information content (AvgIpc) is 2.39. The topological polar surface area (TPSA) is 55.1 Å². The number of nitrogens with two attached hydrogens (primary N) is 1. The van der Waals surface area contributed by atoms with Gasteiger partial charge in [0.05, 0.1) is 6.04 Å². The summed E-state index contributed by atoms with van der Waals surface area (Å²) in [5, 5.41) is 3.03. The van der Waals surface area contributed by atoms with Crippen molar-refractivity contribution < 1.29 is 4.79 Å². The number of carbonyl (C=O) groups is 1. The zero-order valence-corrected chi connectivity index (χ0v) is 14.4. The molecule has 2 unspecified atom stereocenters. The fourth-order valence-corrected chi connectivity index (χ4v) is 2.62. The van der Waals surface area contributed by atoms with Gasteiger partial charge in [-0.3, -0.25) is 4.79 Å². The molecule has 0 aliphatic heterocycles. The van der Waals surface area contributed by atoms with Crippen LogP contribution in [0.1, 0.15) is 52.5 Å². The third-order valence-electron chi connectivity index (χ3n) is 3.70. The van der Waals surface area contributed by atoms with Gasteiger partial charge in [-0.15, -0.1) is 12.4 Å². The summed E-state index contributed by atoms with van der Waals surface area (Å²) in [6.07, 6.45) is 2.56. The molecule has 3 nitrogen and oxygen atoms in total. The molecule has 4 heteroatoms. The molecular weight excluding hydrogens is 284 g/mol. The van der Waals surface area contributed by atoms with E-state index in [1.54, 1.807) is 0 Å². The highest BCUT2D eigenvalue weighted by atomic mass is 35.5. The minimum Gasteiger partial charge on any atom is -0.352 e. The first kappa shape index (κ1) is 19.9. The summed E-state index contributed by atoms with van der Waals surface area (Å²) in [4.78, 5) is 11.9. The molecule has 0 aromatic heterocycles. The molecule has 1 aromatic rings. The molecule has 1 rings (SSSR count). The number of halogens is 1. The Labute approximate surface area is 135 Å². The van der Waals surface area contributed by atoms with Gasteiger partial charge in [0.1, 0.15) is 0 Å². The lowest BCUT2D eigenvalue weighted by molar-refractivity contribution is -0.123. The zero-order valence-electron chi connectivity index (χ0n) is 13.6. The molecule has 0 fully saturated rings. The Morgan fingerprint density at radius 1 is 1.29 bits per heavy atom. The highest BCUT2D eigenvalue weighted by Crippen LogP contribution is 2.28. The smallest absolute Gasteiger partial charge is 0.237 e. The fourth-order valence-electron chi connectivity index (χ4n) is 2.62. The fraction of sp³-hybridized carbons (Fsp3) is 0.588. The molecule has 0 saturated heterocycles. The highest BCUT2D eigenvalue weighted by Gasteiger charge is 2.24. The number of rotatable bonds is 7. The van der Waals surface area contributed by atoms with Crippen molar-refractivity contribution in [2.45, 2.75) is 64.5 Å². The molecular formula is C17H29ClN2O. The van der Waals surface area contributed by atoms with Gasteiger partial charge in [0, 0.05) is 6.04 Å². The van der Waals surface area contributed by atoms with E-state index in [0.717, 1.165) is 19.3 Å². The number of hydrogen-bond donors (Lipinski definition) is 2. The first-order chi connectivity index (χ1) is 9.36. The van der Waals surface area contributed by atoms with Crippen LogP contribution >= 0.6 is 12.4 Å². The number of nitrogens with one attached hydrogen (secondary N) is 1. The molecule has 0 heterocycles. The average molecular weight is 313 g/mol. The van der Waals surface area contributed by atoms with E-state index in [-0.39, 0.29) is 35.8 Å². The van der Waals surface area contributed by atoms with Crippen LogP contribution in [0.5, 0.6) is 0 Å². The number of amides is 1. The molecule has 120 valence electrons. The Balaban J connectivity index is 0.00000400. The summed E-state index contributed by atoms with van der Waals surface area (Å²) in [6.45, 7) is 8.49. The normalized spacial score (nSPS) is 14.0. The van der Waals surface area contributed by atoms with Crippen LogP contribution < -0.4 is 11.1 Å². The number of carbonyl (C=O) groups excluding carboxylic acids is 1. The maximum absolute atomic E-state index is 11.9. The number of benzene rings is 1. The van der Waals surface area contributed by atoms with Gasteiger partial charge in [-0.1, -0.05) is 57.5 Å². The molecule has 1 aromatic carbocycles. The van der Waals surface area contributed by atoms with Crippen molar-refractivity contribution in [3.63, 3.8) is 0 Å². The maximum atomic E-state index is 11.9. The second-order valence-corrected chi connectivity index (χ2v) is 6.26. The Hall–Kier alpha value is -1.06. The van der Waals surface area contributed by atoms with E-state index in [4.69, 9.17) is 5.73 Å². The Bertz CT molecular complexity index is 420. The summed E-state index contributed by atoms with van der Waals surface area (Å²) >= 11 is 0. The van der Waals surface area contributed by atoms with Crippen molar-refractivity contribution in [1.82, 2.24) is 5.32 Å². The van der Waals surface area contributed by atoms with E-state index in [1.807, 2.05) is 19.9 Å². The summed E-state index contributed by atoms with van der Waals surface area (Å²) in [5.41, 5.74) is 7.16. The van der Waals surface area contributed by atoms with Gasteiger partial charge in [-0.2, -0.15) is 0 Å². The maximum Gasteiger partial charge on any atom is 0.237 e. The van der Waals surface area contributed by atoms with Crippen molar-refractivity contribution >= 4 is 18.3 Å². The third-order valence-corrected chi connectivity index (χ3v) is 3.70. The molecule has 1 amide bonds. The van der Waals surface area contributed by atoms with Crippen LogP contribution in [-0.4, -0.2) is 18.0 Å². The molecule has 0 radical (unpaired) electrons. The molecule has 3 N–H and O–H groups in total. The summed E-state index contributed by atoms with van der Waals surface area (Å²) in [6, 6.07) is 10.1. The van der Waals surface area contributed by atoms with Crippen LogP contribution in [0, 0.1) is 0 Å². The highest BCUT2D eigenvalue weighted by molar-refractivity contribution is 5.85. The molecule has 21 heavy (non-hydrogen) atoms. The van der Waals surface area contributed by atoms with Gasteiger partial charge in [-0.05, 0) is 30.7 Å². The monoisotopic (exact) mass is 312 g/mol. The van der Waals surface area contributed by atoms with E-state index in [9.17, 15) is 4.79 Å². The van der Waals surface area contributed by atoms with Crippen molar-refractivity contribution in [3.8, 4) is 0 Å². The van der Waals surface area contributed by atoms with Crippen molar-refractivity contribution in [3.05, 3.63) is 35.9 Å². The van der Waals surface area contributed by atoms with Crippen molar-refractivity contribution in [2.24, 2.45) is 5.73 Å². The Morgan fingerprint density at radius 2 is 1.86 bits per heavy atom. The van der Waals surface area contributed by atoms with Crippen LogP contribution in [0.25, 0.3) is 0 Å². The number of hydrogen-bond acceptors (Lipinski definition) is 2. The molecule has 0 aliphatic carbocycles. The van der Waals surface area contributed by atoms with Crippen LogP contribution in [0.3, 0.4) is 0 Å². The Kier molecular flexibility index (Phi) is 8.60. The van der Waals surface area contributed by atoms with Gasteiger partial charge in [0.15, 0.2) is 0 Å². The molecule has 0 saturated carbocycles. The lowest BCUT2D eigenvalue weighted by atomic mass is 9.79. The minimum atomic E-state index is -0.387. The van der Waals surface area contributed by atoms with Crippen LogP contribution in [0.4, 0.5) is 0 Å². The standard InChI is InChI=1S/C17H28N2O.ClH/c1-5-9-15(18)16(20)19-13(2)12-17(3,4)14-10-7-6-8-11-14;/h6-8,10-11,13,15H,5,9,12,18H2,1-4H3,(H,19,20);1H. The van der Waals surface area contributed by atoms with Crippen molar-refractivity contribution in [1.29, 1.82) is 0 Å². The molecule has 2 atom stereocenters. The van der Waals surface area contributed by atoms with E-state index in [0.29, 0.717) is 0 Å². The predicted molar refractivity (Wildman–Crippen MR) is 91.8 cm³/mol. The van der Waals surface area contributed by atoms with Gasteiger partial charge < -0.3 is 11.1 Å². The predicted octanol–water partition coefficient (Wildman–Crippen LogP) is 3.41. The quantitative estimate of drug-likeness (QED) is 0.810. The summed E-state index contributed by atoms with van der Waals surface area (Å²) in [7, 11) is 0. The third kappa shape index (κ3) is 6.49. The lowest BCUT2D eigenvalue weighted by Crippen LogP contribution is -2.45. The first-order valence-electron chi connectivity index (χ1n) is 7.48. The second-order valence-electron chi connectivity index (χ2n) is 6.26. The van der Waals surface area contributed by atoms with E-state index < -0.39 is 0 Å². The van der Waals surface area contributed by atoms with Gasteiger partial charge in [0.25, 0.3) is 0 Å². The largest absolute Gasteiger partial charge is 0.352 e. The van der Waals surface area contributed by atoms with Gasteiger partial charge >= 0.3 is 0 Å². The van der Waals surface area contributed by atoms with E-state index >= 15 is 0 Å². The molecule has 0 aliphatic rings. The van der Waals surface area contributed by atoms with Crippen LogP contribution in [0.15, 0.2) is 30.3 Å². The lowest BCUT2D eigenvalue weighted by Gasteiger charge is -2.29. The van der Waals surface area contributed by atoms with Gasteiger partial charge in [-0.25, -0.2) is 0 Å². The van der Waals surface area contributed by atoms with Crippen LogP contribution in [-0.2, 0) is 10.2 Å². The Morgan fingerprint density at radius 3 is 2.38 bits per heavy atom. The minimum absolute atomic E-state index is 0. The first-order valence-corrected chi connectivity index (χ1v) is 7.48. The summed E-state index contributed by atoms with van der Waals surface area (Å²) in [5.74, 6) is -0.0387. The molecule has 0 bridgehead atoms. The second kappa shape index (κ2) is 9.06. The molecule has 0 spiro atoms. The van der Waals surface area contributed by atoms with Crippen molar-refractivity contribution in [2.75, 3.05) is 0 Å².